The number of hydrogen-bond acceptors (Lipinski definition) is 3. The zero-order chi connectivity index (χ0) is 20.5. The van der Waals surface area contributed by atoms with Crippen molar-refractivity contribution < 1.29 is 14.0 Å². The van der Waals surface area contributed by atoms with E-state index < -0.39 is 26.5 Å². The van der Waals surface area contributed by atoms with Gasteiger partial charge >= 0.3 is 6.03 Å². The van der Waals surface area contributed by atoms with E-state index in [1.807, 2.05) is 0 Å². The van der Waals surface area contributed by atoms with E-state index in [0.717, 1.165) is 37.0 Å². The Kier molecular flexibility index (Phi) is 7.05. The lowest BCUT2D eigenvalue weighted by atomic mass is 9.94. The van der Waals surface area contributed by atoms with Gasteiger partial charge in [-0.25, -0.2) is 19.1 Å². The summed E-state index contributed by atoms with van der Waals surface area (Å²) >= 11 is 18.8. The van der Waals surface area contributed by atoms with Crippen molar-refractivity contribution >= 4 is 78.5 Å². The van der Waals surface area contributed by atoms with E-state index in [9.17, 15) is 14.0 Å². The topological polar surface area (TPSA) is 53.0 Å². The van der Waals surface area contributed by atoms with Gasteiger partial charge in [0.25, 0.3) is 5.91 Å². The fraction of sp³-hybridized carbons (Fsp3) is 0.500. The van der Waals surface area contributed by atoms with Crippen molar-refractivity contribution in [3.8, 4) is 0 Å². The molecule has 0 aromatic heterocycles. The molecule has 1 aromatic rings. The number of amides is 3. The minimum atomic E-state index is -1.02. The summed E-state index contributed by atoms with van der Waals surface area (Å²) in [6.45, 7) is 0. The normalized spacial score (nSPS) is 21.7. The second-order valence-corrected chi connectivity index (χ2v) is 11.3. The first-order chi connectivity index (χ1) is 13.3. The van der Waals surface area contributed by atoms with Gasteiger partial charge in [0, 0.05) is 6.04 Å². The minimum absolute atomic E-state index is 0.0394. The molecule has 3 amide bonds. The molecule has 152 valence electrons. The Bertz CT molecular complexity index is 803. The van der Waals surface area contributed by atoms with E-state index in [-0.39, 0.29) is 23.4 Å². The predicted molar refractivity (Wildman–Crippen MR) is 116 cm³/mol. The van der Waals surface area contributed by atoms with Crippen molar-refractivity contribution in [2.75, 3.05) is 10.8 Å². The molecular formula is C18H18Br2Cl2FN3O2. The van der Waals surface area contributed by atoms with Crippen LogP contribution in [0, 0.1) is 5.82 Å². The van der Waals surface area contributed by atoms with Gasteiger partial charge in [-0.05, 0) is 25.0 Å². The Hall–Kier alpha value is -0.700. The average molecular weight is 558 g/mol. The number of rotatable bonds is 5. The first-order valence-corrected chi connectivity index (χ1v) is 11.4. The number of alkyl halides is 4. The molecule has 10 heteroatoms. The van der Waals surface area contributed by atoms with Crippen LogP contribution in [0.3, 0.4) is 0 Å². The number of nitrogens with zero attached hydrogens (tertiary/aromatic N) is 3. The number of amidine groups is 1. The summed E-state index contributed by atoms with van der Waals surface area (Å²) in [5.41, 5.74) is -1.06. The van der Waals surface area contributed by atoms with Crippen LogP contribution in [0.5, 0.6) is 0 Å². The number of carbonyl (C=O) groups excluding carboxylic acids is 2. The number of halogens is 5. The Balaban J connectivity index is 2.06. The molecular weight excluding hydrogens is 540 g/mol. The zero-order valence-corrected chi connectivity index (χ0v) is 19.4. The number of benzene rings is 1. The quantitative estimate of drug-likeness (QED) is 0.268. The highest BCUT2D eigenvalue weighted by molar-refractivity contribution is 9.25. The molecule has 2 fully saturated rings. The third-order valence-electron chi connectivity index (χ3n) is 4.81. The standard InChI is InChI=1S/C18H18Br2Cl2FN3O2/c19-18(20,10-21)16(22)24-14-15(27)25(11-6-2-1-3-7-11)17(28)26(14)13-9-5-4-8-12(13)23/h4-5,8-9,11,16H,1-3,6-7,10H2/b24-14-. The number of anilines is 1. The summed E-state index contributed by atoms with van der Waals surface area (Å²) in [6.07, 6.45) is 4.39. The molecule has 1 aromatic carbocycles. The van der Waals surface area contributed by atoms with E-state index in [1.54, 1.807) is 6.07 Å². The lowest BCUT2D eigenvalue weighted by Crippen LogP contribution is -2.42. The molecule has 3 rings (SSSR count). The maximum Gasteiger partial charge on any atom is 0.337 e. The molecule has 5 nitrogen and oxygen atoms in total. The highest BCUT2D eigenvalue weighted by atomic mass is 79.9. The maximum atomic E-state index is 14.5. The fourth-order valence-electron chi connectivity index (χ4n) is 3.38. The van der Waals surface area contributed by atoms with Crippen molar-refractivity contribution in [2.24, 2.45) is 4.99 Å². The number of para-hydroxylation sites is 1. The van der Waals surface area contributed by atoms with Gasteiger partial charge in [-0.1, -0.05) is 74.9 Å². The number of carbonyl (C=O) groups is 2. The van der Waals surface area contributed by atoms with Gasteiger partial charge in [0.1, 0.15) is 9.05 Å². The Morgan fingerprint density at radius 2 is 1.86 bits per heavy atom. The van der Waals surface area contributed by atoms with Gasteiger partial charge in [0.05, 0.1) is 11.6 Å². The molecule has 1 saturated carbocycles. The molecule has 0 bridgehead atoms. The Labute approximate surface area is 189 Å². The number of hydrogen-bond donors (Lipinski definition) is 0. The van der Waals surface area contributed by atoms with Gasteiger partial charge in [0.2, 0.25) is 5.84 Å². The summed E-state index contributed by atoms with van der Waals surface area (Å²) in [6, 6.07) is 4.93. The van der Waals surface area contributed by atoms with Gasteiger partial charge in [-0.15, -0.1) is 11.6 Å². The highest BCUT2D eigenvalue weighted by Gasteiger charge is 2.48. The van der Waals surface area contributed by atoms with Crippen LogP contribution in [0.2, 0.25) is 0 Å². The van der Waals surface area contributed by atoms with Crippen LogP contribution in [0.1, 0.15) is 32.1 Å². The van der Waals surface area contributed by atoms with Gasteiger partial charge < -0.3 is 0 Å². The lowest BCUT2D eigenvalue weighted by Gasteiger charge is -2.28. The van der Waals surface area contributed by atoms with Crippen LogP contribution in [-0.4, -0.2) is 43.3 Å². The van der Waals surface area contributed by atoms with E-state index >= 15 is 0 Å². The predicted octanol–water partition coefficient (Wildman–Crippen LogP) is 5.62. The van der Waals surface area contributed by atoms with Crippen molar-refractivity contribution in [1.29, 1.82) is 0 Å². The van der Waals surface area contributed by atoms with Gasteiger partial charge in [0.15, 0.2) is 5.50 Å². The van der Waals surface area contributed by atoms with Crippen molar-refractivity contribution in [2.45, 2.75) is 46.9 Å². The molecule has 0 spiro atoms. The maximum absolute atomic E-state index is 14.5. The van der Waals surface area contributed by atoms with E-state index in [2.05, 4.69) is 36.9 Å². The second-order valence-electron chi connectivity index (χ2n) is 6.72. The van der Waals surface area contributed by atoms with Crippen LogP contribution >= 0.6 is 55.1 Å². The van der Waals surface area contributed by atoms with Gasteiger partial charge in [-0.3, -0.25) is 9.69 Å². The molecule has 2 aliphatic rings. The van der Waals surface area contributed by atoms with Crippen molar-refractivity contribution in [1.82, 2.24) is 4.90 Å². The lowest BCUT2D eigenvalue weighted by molar-refractivity contribution is -0.122. The van der Waals surface area contributed by atoms with Crippen LogP contribution in [0.25, 0.3) is 0 Å². The van der Waals surface area contributed by atoms with Gasteiger partial charge in [-0.2, -0.15) is 0 Å². The van der Waals surface area contributed by atoms with Crippen molar-refractivity contribution in [3.05, 3.63) is 30.1 Å². The smallest absolute Gasteiger partial charge is 0.265 e. The van der Waals surface area contributed by atoms with E-state index in [0.29, 0.717) is 0 Å². The Morgan fingerprint density at radius 1 is 1.21 bits per heavy atom. The third kappa shape index (κ3) is 4.25. The summed E-state index contributed by atoms with van der Waals surface area (Å²) in [5.74, 6) is -1.37. The fourth-order valence-corrected chi connectivity index (χ4v) is 3.98. The first-order valence-electron chi connectivity index (χ1n) is 8.85. The molecule has 1 aliphatic heterocycles. The number of urea groups is 1. The number of aliphatic imine (C=N–C) groups is 1. The minimum Gasteiger partial charge on any atom is -0.265 e. The SMILES string of the molecule is O=C1/C(=N/C(Cl)C(Br)(Br)CCl)N(c2ccccc2F)C(=O)N1C1CCCCC1. The summed E-state index contributed by atoms with van der Waals surface area (Å²) < 4.78 is 13.5. The summed E-state index contributed by atoms with van der Waals surface area (Å²) in [5, 5.41) is 0. The zero-order valence-electron chi connectivity index (χ0n) is 14.8. The monoisotopic (exact) mass is 555 g/mol. The summed E-state index contributed by atoms with van der Waals surface area (Å²) in [7, 11) is 0. The molecule has 1 heterocycles. The van der Waals surface area contributed by atoms with Crippen LogP contribution in [0.4, 0.5) is 14.9 Å². The Morgan fingerprint density at radius 3 is 2.46 bits per heavy atom. The van der Waals surface area contributed by atoms with E-state index in [4.69, 9.17) is 23.2 Å². The van der Waals surface area contributed by atoms with Crippen molar-refractivity contribution in [3.63, 3.8) is 0 Å². The molecule has 0 radical (unpaired) electrons. The summed E-state index contributed by atoms with van der Waals surface area (Å²) in [4.78, 5) is 32.8. The van der Waals surface area contributed by atoms with Crippen LogP contribution in [0.15, 0.2) is 29.3 Å². The molecule has 28 heavy (non-hydrogen) atoms. The molecule has 0 N–H and O–H groups in total. The first kappa shape index (κ1) is 22.0. The van der Waals surface area contributed by atoms with E-state index in [1.165, 1.54) is 23.1 Å². The highest BCUT2D eigenvalue weighted by Crippen LogP contribution is 2.37. The van der Waals surface area contributed by atoms with Crippen LogP contribution < -0.4 is 4.90 Å². The largest absolute Gasteiger partial charge is 0.337 e. The second kappa shape index (κ2) is 8.98. The molecule has 1 saturated heterocycles. The molecule has 1 atom stereocenters. The average Bonchev–Trinajstić information content (AvgIpc) is 2.92. The third-order valence-corrected chi connectivity index (χ3v) is 8.31. The molecule has 1 unspecified atom stereocenters. The molecule has 1 aliphatic carbocycles. The van der Waals surface area contributed by atoms with Crippen LogP contribution in [-0.2, 0) is 4.79 Å². The number of imide groups is 1.